The lowest BCUT2D eigenvalue weighted by atomic mass is 10.2. The molecule has 0 atom stereocenters. The van der Waals surface area contributed by atoms with Crippen molar-refractivity contribution in [2.45, 2.75) is 0 Å². The lowest BCUT2D eigenvalue weighted by Gasteiger charge is -2.22. The summed E-state index contributed by atoms with van der Waals surface area (Å²) < 4.78 is 15.2. The van der Waals surface area contributed by atoms with Gasteiger partial charge in [-0.25, -0.2) is 9.78 Å². The fourth-order valence-corrected chi connectivity index (χ4v) is 2.91. The molecule has 0 bridgehead atoms. The molecule has 1 aromatic carbocycles. The van der Waals surface area contributed by atoms with Crippen molar-refractivity contribution in [2.75, 3.05) is 38.0 Å². The van der Waals surface area contributed by atoms with Crippen molar-refractivity contribution in [3.63, 3.8) is 0 Å². The van der Waals surface area contributed by atoms with Crippen LogP contribution in [-0.2, 0) is 9.47 Å². The summed E-state index contributed by atoms with van der Waals surface area (Å²) in [6.07, 6.45) is 1.43. The number of nitrogens with two attached hydrogens (primary N) is 1. The van der Waals surface area contributed by atoms with Crippen LogP contribution in [0, 0.1) is 0 Å². The van der Waals surface area contributed by atoms with E-state index in [1.165, 1.54) is 19.4 Å². The molecular formula is C21H20N8O4. The molecule has 4 aromatic rings. The van der Waals surface area contributed by atoms with Crippen LogP contribution in [0.25, 0.3) is 23.1 Å². The van der Waals surface area contributed by atoms with Crippen LogP contribution in [0.4, 0.5) is 17.6 Å². The number of carbonyl (C=O) groups is 1. The maximum Gasteiger partial charge on any atom is 0.356 e. The third kappa shape index (κ3) is 4.91. The number of benzene rings is 1. The first-order valence-corrected chi connectivity index (χ1v) is 9.81. The molecule has 0 amide bonds. The molecule has 2 N–H and O–H groups in total. The largest absolute Gasteiger partial charge is 0.464 e. The molecule has 0 saturated heterocycles. The Balaban J connectivity index is 1.65. The van der Waals surface area contributed by atoms with Gasteiger partial charge in [-0.3, -0.25) is 0 Å². The maximum absolute atomic E-state index is 11.6. The van der Waals surface area contributed by atoms with Crippen molar-refractivity contribution in [1.82, 2.24) is 30.1 Å². The van der Waals surface area contributed by atoms with Gasteiger partial charge in [0.25, 0.3) is 5.89 Å². The summed E-state index contributed by atoms with van der Waals surface area (Å²) >= 11 is 0. The Hall–Kier alpha value is -4.45. The maximum atomic E-state index is 11.6. The fraction of sp³-hybridized carbons (Fsp3) is 0.190. The zero-order valence-electron chi connectivity index (χ0n) is 17.9. The smallest absolute Gasteiger partial charge is 0.356 e. The number of nitrogen functional groups attached to an aromatic ring is 1. The molecule has 0 radical (unpaired) electrons. The molecular weight excluding hydrogens is 428 g/mol. The average Bonchev–Trinajstić information content (AvgIpc) is 3.35. The number of rotatable bonds is 8. The molecule has 3 aromatic heterocycles. The highest BCUT2D eigenvalue weighted by Crippen LogP contribution is 2.25. The van der Waals surface area contributed by atoms with Crippen molar-refractivity contribution >= 4 is 23.6 Å². The Labute approximate surface area is 188 Å². The van der Waals surface area contributed by atoms with Gasteiger partial charge in [-0.15, -0.1) is 0 Å². The van der Waals surface area contributed by atoms with Gasteiger partial charge in [0, 0.05) is 25.5 Å². The Bertz CT molecular complexity index is 1230. The molecule has 0 aliphatic carbocycles. The van der Waals surface area contributed by atoms with Gasteiger partial charge in [0.1, 0.15) is 5.69 Å². The second kappa shape index (κ2) is 9.78. The summed E-state index contributed by atoms with van der Waals surface area (Å²) in [5.74, 6) is 0.216. The minimum absolute atomic E-state index is 0.00351. The lowest BCUT2D eigenvalue weighted by molar-refractivity contribution is 0.0594. The molecule has 0 spiro atoms. The summed E-state index contributed by atoms with van der Waals surface area (Å²) in [6, 6.07) is 12.7. The van der Waals surface area contributed by atoms with Crippen LogP contribution in [0.15, 0.2) is 53.2 Å². The lowest BCUT2D eigenvalue weighted by Crippen LogP contribution is -2.24. The number of para-hydroxylation sites is 1. The number of hydrogen-bond acceptors (Lipinski definition) is 12. The Morgan fingerprint density at radius 3 is 2.55 bits per heavy atom. The van der Waals surface area contributed by atoms with Crippen molar-refractivity contribution in [3.8, 4) is 23.1 Å². The van der Waals surface area contributed by atoms with Crippen molar-refractivity contribution in [1.29, 1.82) is 0 Å². The molecule has 0 unspecified atom stereocenters. The highest BCUT2D eigenvalue weighted by atomic mass is 16.5. The zero-order valence-corrected chi connectivity index (χ0v) is 17.9. The number of nitrogens with zero attached hydrogens (tertiary/aromatic N) is 7. The summed E-state index contributed by atoms with van der Waals surface area (Å²) in [7, 11) is 2.90. The van der Waals surface area contributed by atoms with E-state index in [1.807, 2.05) is 35.2 Å². The quantitative estimate of drug-likeness (QED) is 0.392. The molecule has 12 nitrogen and oxygen atoms in total. The van der Waals surface area contributed by atoms with E-state index in [-0.39, 0.29) is 29.2 Å². The molecule has 4 rings (SSSR count). The van der Waals surface area contributed by atoms with Crippen LogP contribution in [0.2, 0.25) is 0 Å². The molecule has 33 heavy (non-hydrogen) atoms. The van der Waals surface area contributed by atoms with Crippen LogP contribution in [0.5, 0.6) is 0 Å². The van der Waals surface area contributed by atoms with Gasteiger partial charge in [-0.1, -0.05) is 23.4 Å². The van der Waals surface area contributed by atoms with Crippen molar-refractivity contribution in [3.05, 3.63) is 54.4 Å². The average molecular weight is 448 g/mol. The van der Waals surface area contributed by atoms with Crippen LogP contribution >= 0.6 is 0 Å². The predicted octanol–water partition coefficient (Wildman–Crippen LogP) is 2.14. The second-order valence-corrected chi connectivity index (χ2v) is 6.64. The number of esters is 1. The number of methoxy groups -OCH3 is 2. The van der Waals surface area contributed by atoms with Gasteiger partial charge in [0.05, 0.1) is 19.3 Å². The van der Waals surface area contributed by atoms with Gasteiger partial charge >= 0.3 is 5.97 Å². The van der Waals surface area contributed by atoms with Crippen LogP contribution in [-0.4, -0.2) is 63.4 Å². The van der Waals surface area contributed by atoms with E-state index in [2.05, 4.69) is 34.8 Å². The SMILES string of the molecule is COCCN(c1ccccc1)c1nc(N)nc(-c2noc(-c3ccc(C(=O)OC)nc3)n2)n1. The minimum Gasteiger partial charge on any atom is -0.464 e. The van der Waals surface area contributed by atoms with Crippen LogP contribution in [0.1, 0.15) is 10.5 Å². The first kappa shape index (κ1) is 21.8. The Kier molecular flexibility index (Phi) is 6.45. The molecule has 0 aliphatic heterocycles. The zero-order chi connectivity index (χ0) is 23.2. The van der Waals surface area contributed by atoms with Crippen LogP contribution < -0.4 is 10.6 Å². The molecule has 0 aliphatic rings. The first-order chi connectivity index (χ1) is 16.1. The van der Waals surface area contributed by atoms with Gasteiger partial charge in [-0.05, 0) is 24.3 Å². The minimum atomic E-state index is -0.544. The molecule has 168 valence electrons. The fourth-order valence-electron chi connectivity index (χ4n) is 2.91. The standard InChI is InChI=1S/C21H20N8O4/c1-31-11-10-29(14-6-4-3-5-7-14)21-26-16(25-20(22)27-21)17-24-18(33-28-17)13-8-9-15(23-12-13)19(30)32-2/h3-9,12H,10-11H2,1-2H3,(H2,22,25,26,27). The van der Waals surface area contributed by atoms with Crippen molar-refractivity contribution in [2.24, 2.45) is 0 Å². The van der Waals surface area contributed by atoms with Gasteiger partial charge in [0.2, 0.25) is 23.5 Å². The Morgan fingerprint density at radius 1 is 1.03 bits per heavy atom. The monoisotopic (exact) mass is 448 g/mol. The topological polar surface area (TPSA) is 155 Å². The molecule has 3 heterocycles. The third-order valence-electron chi connectivity index (χ3n) is 4.50. The van der Waals surface area contributed by atoms with E-state index in [9.17, 15) is 4.79 Å². The molecule has 12 heteroatoms. The number of ether oxygens (including phenoxy) is 2. The molecule has 0 saturated carbocycles. The second-order valence-electron chi connectivity index (χ2n) is 6.64. The van der Waals surface area contributed by atoms with E-state index >= 15 is 0 Å². The van der Waals surface area contributed by atoms with E-state index in [0.717, 1.165) is 5.69 Å². The van der Waals surface area contributed by atoms with Gasteiger partial charge in [-0.2, -0.15) is 19.9 Å². The highest BCUT2D eigenvalue weighted by Gasteiger charge is 2.19. The van der Waals surface area contributed by atoms with Gasteiger partial charge in [0.15, 0.2) is 0 Å². The normalized spacial score (nSPS) is 10.7. The summed E-state index contributed by atoms with van der Waals surface area (Å²) in [6.45, 7) is 0.926. The summed E-state index contributed by atoms with van der Waals surface area (Å²) in [5, 5.41) is 3.96. The first-order valence-electron chi connectivity index (χ1n) is 9.81. The van der Waals surface area contributed by atoms with Crippen LogP contribution in [0.3, 0.4) is 0 Å². The van der Waals surface area contributed by atoms with E-state index in [4.69, 9.17) is 15.0 Å². The van der Waals surface area contributed by atoms with E-state index in [0.29, 0.717) is 24.7 Å². The highest BCUT2D eigenvalue weighted by molar-refractivity contribution is 5.87. The molecule has 0 fully saturated rings. The number of hydrogen-bond donors (Lipinski definition) is 1. The predicted molar refractivity (Wildman–Crippen MR) is 117 cm³/mol. The Morgan fingerprint density at radius 2 is 1.85 bits per heavy atom. The van der Waals surface area contributed by atoms with Gasteiger partial charge < -0.3 is 24.6 Å². The number of pyridine rings is 1. The number of anilines is 3. The summed E-state index contributed by atoms with van der Waals surface area (Å²) in [5.41, 5.74) is 7.48. The number of carbonyl (C=O) groups excluding carboxylic acids is 1. The van der Waals surface area contributed by atoms with Crippen molar-refractivity contribution < 1.29 is 18.8 Å². The third-order valence-corrected chi connectivity index (χ3v) is 4.50. The van der Waals surface area contributed by atoms with E-state index in [1.54, 1.807) is 13.2 Å². The summed E-state index contributed by atoms with van der Waals surface area (Å²) in [4.78, 5) is 34.7. The van der Waals surface area contributed by atoms with E-state index < -0.39 is 5.97 Å². The number of aromatic nitrogens is 6.